The molecule has 6 nitrogen and oxygen atoms in total. The Morgan fingerprint density at radius 2 is 2.00 bits per heavy atom. The van der Waals surface area contributed by atoms with Gasteiger partial charge in [0.25, 0.3) is 0 Å². The van der Waals surface area contributed by atoms with Crippen LogP contribution in [0.5, 0.6) is 0 Å². The monoisotopic (exact) mass is 271 g/mol. The Kier molecular flexibility index (Phi) is 5.26. The lowest BCUT2D eigenvalue weighted by atomic mass is 10.1. The Balaban J connectivity index is 2.56. The van der Waals surface area contributed by atoms with Gasteiger partial charge >= 0.3 is 0 Å². The van der Waals surface area contributed by atoms with Gasteiger partial charge < -0.3 is 10.5 Å². The molecule has 0 radical (unpaired) electrons. The summed E-state index contributed by atoms with van der Waals surface area (Å²) >= 11 is 0. The number of amidine groups is 1. The van der Waals surface area contributed by atoms with Gasteiger partial charge in [-0.25, -0.2) is 13.1 Å². The van der Waals surface area contributed by atoms with Crippen molar-refractivity contribution in [1.29, 1.82) is 5.41 Å². The van der Waals surface area contributed by atoms with Crippen LogP contribution >= 0.6 is 0 Å². The predicted octanol–water partition coefficient (Wildman–Crippen LogP) is 0.0365. The molecule has 0 aliphatic heterocycles. The van der Waals surface area contributed by atoms with E-state index in [1.165, 1.54) is 7.11 Å². The van der Waals surface area contributed by atoms with Crippen LogP contribution in [0, 0.1) is 5.41 Å². The standard InChI is InChI=1S/C11H17N3O3S/c1-17-6-7-18(15,16)14-8-9-2-4-10(5-3-9)11(12)13/h2-5,14H,6-8H2,1H3,(H3,12,13). The highest BCUT2D eigenvalue weighted by atomic mass is 32.2. The SMILES string of the molecule is COCCS(=O)(=O)NCc1ccc(C(=N)N)cc1. The number of sulfonamides is 1. The average Bonchev–Trinajstić information content (AvgIpc) is 2.35. The third-order valence-electron chi connectivity index (χ3n) is 2.32. The molecule has 0 aliphatic carbocycles. The molecule has 0 fully saturated rings. The van der Waals surface area contributed by atoms with Gasteiger partial charge in [0.15, 0.2) is 0 Å². The van der Waals surface area contributed by atoms with Crippen molar-refractivity contribution < 1.29 is 13.2 Å². The smallest absolute Gasteiger partial charge is 0.214 e. The van der Waals surface area contributed by atoms with Crippen LogP contribution < -0.4 is 10.5 Å². The van der Waals surface area contributed by atoms with Gasteiger partial charge in [-0.05, 0) is 5.56 Å². The van der Waals surface area contributed by atoms with Gasteiger partial charge in [-0.15, -0.1) is 0 Å². The largest absolute Gasteiger partial charge is 0.384 e. The molecule has 4 N–H and O–H groups in total. The average molecular weight is 271 g/mol. The van der Waals surface area contributed by atoms with Crippen LogP contribution in [0.2, 0.25) is 0 Å². The second-order valence-electron chi connectivity index (χ2n) is 3.74. The van der Waals surface area contributed by atoms with E-state index in [1.807, 2.05) is 0 Å². The molecule has 0 aliphatic rings. The summed E-state index contributed by atoms with van der Waals surface area (Å²) in [6, 6.07) is 6.83. The minimum absolute atomic E-state index is 0.0118. The van der Waals surface area contributed by atoms with E-state index in [4.69, 9.17) is 15.9 Å². The number of methoxy groups -OCH3 is 1. The van der Waals surface area contributed by atoms with Crippen LogP contribution in [0.3, 0.4) is 0 Å². The number of nitrogens with one attached hydrogen (secondary N) is 2. The molecule has 1 aromatic rings. The number of ether oxygens (including phenoxy) is 1. The number of nitrogen functional groups attached to an aromatic ring is 1. The molecule has 0 atom stereocenters. The summed E-state index contributed by atoms with van der Waals surface area (Å²) in [6.07, 6.45) is 0. The van der Waals surface area contributed by atoms with E-state index in [1.54, 1.807) is 24.3 Å². The number of benzene rings is 1. The third-order valence-corrected chi connectivity index (χ3v) is 3.61. The number of rotatable bonds is 7. The van der Waals surface area contributed by atoms with Gasteiger partial charge in [-0.3, -0.25) is 5.41 Å². The van der Waals surface area contributed by atoms with Crippen molar-refractivity contribution in [3.63, 3.8) is 0 Å². The molecular weight excluding hydrogens is 254 g/mol. The summed E-state index contributed by atoms with van der Waals surface area (Å²) in [7, 11) is -1.86. The first kappa shape index (κ1) is 14.6. The zero-order chi connectivity index (χ0) is 13.6. The molecule has 100 valence electrons. The molecule has 0 heterocycles. The van der Waals surface area contributed by atoms with Crippen LogP contribution in [-0.4, -0.2) is 33.7 Å². The highest BCUT2D eigenvalue weighted by Gasteiger charge is 2.09. The van der Waals surface area contributed by atoms with E-state index in [-0.39, 0.29) is 24.7 Å². The fourth-order valence-corrected chi connectivity index (χ4v) is 2.18. The maximum Gasteiger partial charge on any atom is 0.214 e. The van der Waals surface area contributed by atoms with Gasteiger partial charge in [-0.1, -0.05) is 24.3 Å². The van der Waals surface area contributed by atoms with Crippen molar-refractivity contribution in [2.24, 2.45) is 5.73 Å². The second-order valence-corrected chi connectivity index (χ2v) is 5.67. The van der Waals surface area contributed by atoms with E-state index >= 15 is 0 Å². The Morgan fingerprint density at radius 3 is 2.50 bits per heavy atom. The van der Waals surface area contributed by atoms with Crippen LogP contribution in [0.1, 0.15) is 11.1 Å². The molecule has 0 unspecified atom stereocenters. The summed E-state index contributed by atoms with van der Waals surface area (Å²) in [6.45, 7) is 0.378. The van der Waals surface area contributed by atoms with Gasteiger partial charge in [0.1, 0.15) is 5.84 Å². The normalized spacial score (nSPS) is 11.4. The minimum Gasteiger partial charge on any atom is -0.384 e. The molecule has 1 aromatic carbocycles. The molecule has 0 amide bonds. The summed E-state index contributed by atoms with van der Waals surface area (Å²) in [5, 5.41) is 7.24. The lowest BCUT2D eigenvalue weighted by Crippen LogP contribution is -2.27. The predicted molar refractivity (Wildman–Crippen MR) is 70.0 cm³/mol. The maximum atomic E-state index is 11.5. The zero-order valence-corrected chi connectivity index (χ0v) is 11.0. The van der Waals surface area contributed by atoms with Crippen molar-refractivity contribution >= 4 is 15.9 Å². The van der Waals surface area contributed by atoms with Crippen LogP contribution in [-0.2, 0) is 21.3 Å². The van der Waals surface area contributed by atoms with E-state index < -0.39 is 10.0 Å². The van der Waals surface area contributed by atoms with Crippen LogP contribution in [0.25, 0.3) is 0 Å². The third kappa shape index (κ3) is 4.82. The highest BCUT2D eigenvalue weighted by molar-refractivity contribution is 7.89. The van der Waals surface area contributed by atoms with Crippen LogP contribution in [0.4, 0.5) is 0 Å². The molecule has 0 spiro atoms. The Morgan fingerprint density at radius 1 is 1.39 bits per heavy atom. The van der Waals surface area contributed by atoms with Crippen LogP contribution in [0.15, 0.2) is 24.3 Å². The summed E-state index contributed by atoms with van der Waals surface area (Å²) < 4.78 is 30.2. The number of hydrogen-bond acceptors (Lipinski definition) is 4. The van der Waals surface area contributed by atoms with Crippen molar-refractivity contribution in [2.75, 3.05) is 19.5 Å². The highest BCUT2D eigenvalue weighted by Crippen LogP contribution is 2.04. The fraction of sp³-hybridized carbons (Fsp3) is 0.364. The van der Waals surface area contributed by atoms with E-state index in [9.17, 15) is 8.42 Å². The van der Waals surface area contributed by atoms with E-state index in [0.29, 0.717) is 5.56 Å². The first-order valence-electron chi connectivity index (χ1n) is 5.34. The molecule has 18 heavy (non-hydrogen) atoms. The molecule has 7 heteroatoms. The number of nitrogens with two attached hydrogens (primary N) is 1. The molecule has 1 rings (SSSR count). The first-order valence-corrected chi connectivity index (χ1v) is 6.99. The number of hydrogen-bond donors (Lipinski definition) is 3. The first-order chi connectivity index (χ1) is 8.44. The lowest BCUT2D eigenvalue weighted by Gasteiger charge is -2.07. The van der Waals surface area contributed by atoms with E-state index in [2.05, 4.69) is 4.72 Å². The summed E-state index contributed by atoms with van der Waals surface area (Å²) in [5.74, 6) is -0.0723. The van der Waals surface area contributed by atoms with Crippen molar-refractivity contribution in [2.45, 2.75) is 6.54 Å². The molecule has 0 bridgehead atoms. The van der Waals surface area contributed by atoms with Gasteiger partial charge in [0, 0.05) is 19.2 Å². The minimum atomic E-state index is -3.31. The van der Waals surface area contributed by atoms with E-state index in [0.717, 1.165) is 5.56 Å². The maximum absolute atomic E-state index is 11.5. The topological polar surface area (TPSA) is 105 Å². The summed E-state index contributed by atoms with van der Waals surface area (Å²) in [4.78, 5) is 0. The van der Waals surface area contributed by atoms with Gasteiger partial charge in [-0.2, -0.15) is 0 Å². The van der Waals surface area contributed by atoms with Gasteiger partial charge in [0.05, 0.1) is 12.4 Å². The fourth-order valence-electron chi connectivity index (χ4n) is 1.26. The Bertz CT molecular complexity index is 497. The molecule has 0 saturated heterocycles. The molecule has 0 aromatic heterocycles. The zero-order valence-electron chi connectivity index (χ0n) is 10.1. The second kappa shape index (κ2) is 6.48. The molecular formula is C11H17N3O3S. The Hall–Kier alpha value is -1.44. The van der Waals surface area contributed by atoms with Crippen molar-refractivity contribution in [3.8, 4) is 0 Å². The summed E-state index contributed by atoms with van der Waals surface area (Å²) in [5.41, 5.74) is 6.74. The van der Waals surface area contributed by atoms with Crippen molar-refractivity contribution in [3.05, 3.63) is 35.4 Å². The lowest BCUT2D eigenvalue weighted by molar-refractivity contribution is 0.217. The quantitative estimate of drug-likeness (QED) is 0.481. The molecule has 0 saturated carbocycles. The van der Waals surface area contributed by atoms with Crippen molar-refractivity contribution in [1.82, 2.24) is 4.72 Å². The Labute approximate surface area is 107 Å². The van der Waals surface area contributed by atoms with Gasteiger partial charge in [0.2, 0.25) is 10.0 Å².